The van der Waals surface area contributed by atoms with Gasteiger partial charge in [0.1, 0.15) is 17.0 Å². The van der Waals surface area contributed by atoms with Gasteiger partial charge in [0.15, 0.2) is 0 Å². The van der Waals surface area contributed by atoms with Gasteiger partial charge in [0.25, 0.3) is 0 Å². The molecule has 1 unspecified atom stereocenters. The minimum absolute atomic E-state index is 0.459. The molecule has 1 aliphatic carbocycles. The predicted molar refractivity (Wildman–Crippen MR) is 102 cm³/mol. The molecule has 5 nitrogen and oxygen atoms in total. The third-order valence-electron chi connectivity index (χ3n) is 5.89. The Morgan fingerprint density at radius 2 is 1.96 bits per heavy atom. The number of hydrogen-bond donors (Lipinski definition) is 0. The summed E-state index contributed by atoms with van der Waals surface area (Å²) in [6.45, 7) is 6.38. The fourth-order valence-corrected chi connectivity index (χ4v) is 5.76. The minimum atomic E-state index is 0.459. The van der Waals surface area contributed by atoms with Gasteiger partial charge in [-0.2, -0.15) is 0 Å². The quantitative estimate of drug-likeness (QED) is 0.844. The van der Waals surface area contributed by atoms with Crippen LogP contribution in [0.5, 0.6) is 0 Å². The number of ether oxygens (including phenoxy) is 1. The molecule has 0 aromatic carbocycles. The van der Waals surface area contributed by atoms with Gasteiger partial charge in [0.2, 0.25) is 0 Å². The Labute approximate surface area is 153 Å². The third kappa shape index (κ3) is 3.04. The highest BCUT2D eigenvalue weighted by Gasteiger charge is 2.26. The van der Waals surface area contributed by atoms with E-state index in [1.165, 1.54) is 54.6 Å². The molecular formula is C19H26N4OS. The maximum Gasteiger partial charge on any atom is 0.141 e. The maximum absolute atomic E-state index is 5.80. The Bertz CT molecular complexity index is 747. The molecule has 4 heterocycles. The van der Waals surface area contributed by atoms with Gasteiger partial charge in [0.05, 0.1) is 11.5 Å². The van der Waals surface area contributed by atoms with Crippen LogP contribution in [0.2, 0.25) is 0 Å². The Kier molecular flexibility index (Phi) is 4.36. The second-order valence-corrected chi connectivity index (χ2v) is 8.59. The van der Waals surface area contributed by atoms with Crippen LogP contribution in [-0.4, -0.2) is 60.3 Å². The van der Waals surface area contributed by atoms with Gasteiger partial charge in [-0.25, -0.2) is 9.97 Å². The number of hydrogen-bond acceptors (Lipinski definition) is 6. The van der Waals surface area contributed by atoms with Crippen LogP contribution in [-0.2, 0) is 17.6 Å². The minimum Gasteiger partial charge on any atom is -0.377 e. The lowest BCUT2D eigenvalue weighted by molar-refractivity contribution is 0.0712. The van der Waals surface area contributed by atoms with Crippen LogP contribution in [0.15, 0.2) is 6.33 Å². The summed E-state index contributed by atoms with van der Waals surface area (Å²) in [7, 11) is 0. The molecule has 25 heavy (non-hydrogen) atoms. The van der Waals surface area contributed by atoms with Gasteiger partial charge in [-0.1, -0.05) is 0 Å². The summed E-state index contributed by atoms with van der Waals surface area (Å²) in [6.07, 6.45) is 9.74. The molecule has 0 bridgehead atoms. The van der Waals surface area contributed by atoms with E-state index in [-0.39, 0.29) is 0 Å². The van der Waals surface area contributed by atoms with Crippen molar-refractivity contribution in [3.05, 3.63) is 16.8 Å². The van der Waals surface area contributed by atoms with Gasteiger partial charge in [-0.3, -0.25) is 4.90 Å². The zero-order valence-electron chi connectivity index (χ0n) is 14.7. The summed E-state index contributed by atoms with van der Waals surface area (Å²) < 4.78 is 5.80. The summed E-state index contributed by atoms with van der Waals surface area (Å²) in [4.78, 5) is 17.1. The topological polar surface area (TPSA) is 41.5 Å². The van der Waals surface area contributed by atoms with Crippen LogP contribution in [0, 0.1) is 0 Å². The van der Waals surface area contributed by atoms with Crippen molar-refractivity contribution in [1.82, 2.24) is 14.9 Å². The molecule has 2 aliphatic heterocycles. The van der Waals surface area contributed by atoms with Gasteiger partial charge in [-0.05, 0) is 44.1 Å². The van der Waals surface area contributed by atoms with E-state index in [9.17, 15) is 0 Å². The maximum atomic E-state index is 5.80. The van der Waals surface area contributed by atoms with Crippen LogP contribution < -0.4 is 4.90 Å². The van der Waals surface area contributed by atoms with Crippen LogP contribution in [0.3, 0.4) is 0 Å². The summed E-state index contributed by atoms with van der Waals surface area (Å²) in [5.41, 5.74) is 1.55. The molecule has 2 fully saturated rings. The number of nitrogens with zero attached hydrogens (tertiary/aromatic N) is 4. The zero-order valence-corrected chi connectivity index (χ0v) is 15.6. The smallest absolute Gasteiger partial charge is 0.141 e. The second kappa shape index (κ2) is 6.82. The molecule has 6 heteroatoms. The highest BCUT2D eigenvalue weighted by Crippen LogP contribution is 2.39. The highest BCUT2D eigenvalue weighted by atomic mass is 32.1. The lowest BCUT2D eigenvalue weighted by Gasteiger charge is -2.36. The monoisotopic (exact) mass is 358 g/mol. The van der Waals surface area contributed by atoms with Crippen LogP contribution in [0.4, 0.5) is 5.82 Å². The molecule has 0 amide bonds. The van der Waals surface area contributed by atoms with E-state index in [2.05, 4.69) is 14.8 Å². The molecule has 5 rings (SSSR count). The molecule has 0 saturated carbocycles. The van der Waals surface area contributed by atoms with Gasteiger partial charge in [-0.15, -0.1) is 11.3 Å². The average Bonchev–Trinajstić information content (AvgIpc) is 3.29. The van der Waals surface area contributed by atoms with Crippen molar-refractivity contribution < 1.29 is 4.74 Å². The summed E-state index contributed by atoms with van der Waals surface area (Å²) in [6, 6.07) is 0. The van der Waals surface area contributed by atoms with Crippen LogP contribution in [0.25, 0.3) is 10.2 Å². The van der Waals surface area contributed by atoms with E-state index in [1.54, 1.807) is 16.8 Å². The Balaban J connectivity index is 1.35. The molecule has 0 spiro atoms. The van der Waals surface area contributed by atoms with Crippen LogP contribution in [0.1, 0.15) is 36.1 Å². The van der Waals surface area contributed by atoms with E-state index >= 15 is 0 Å². The van der Waals surface area contributed by atoms with Crippen molar-refractivity contribution in [2.45, 2.75) is 44.6 Å². The van der Waals surface area contributed by atoms with E-state index in [0.717, 1.165) is 39.3 Å². The standard InChI is InChI=1S/C19H26N4OS/c1-2-6-16-15(5-1)17-18(20-13-21-19(17)25-16)23-9-7-22(8-10-23)12-14-4-3-11-24-14/h13-14H,1-12H2. The number of rotatable bonds is 3. The fraction of sp³-hybridized carbons (Fsp3) is 0.684. The molecule has 2 aromatic heterocycles. The number of thiophene rings is 1. The van der Waals surface area contributed by atoms with Crippen molar-refractivity contribution in [2.24, 2.45) is 0 Å². The Morgan fingerprint density at radius 3 is 2.80 bits per heavy atom. The van der Waals surface area contributed by atoms with Crippen molar-refractivity contribution >= 4 is 27.4 Å². The number of aryl methyl sites for hydroxylation is 2. The zero-order chi connectivity index (χ0) is 16.6. The van der Waals surface area contributed by atoms with Gasteiger partial charge >= 0.3 is 0 Å². The first kappa shape index (κ1) is 16.0. The lowest BCUT2D eigenvalue weighted by Crippen LogP contribution is -2.48. The molecule has 3 aliphatic rings. The number of anilines is 1. The molecular weight excluding hydrogens is 332 g/mol. The number of fused-ring (bicyclic) bond motifs is 3. The number of piperazine rings is 1. The van der Waals surface area contributed by atoms with Gasteiger partial charge in [0, 0.05) is 44.2 Å². The van der Waals surface area contributed by atoms with Crippen molar-refractivity contribution in [2.75, 3.05) is 44.2 Å². The fourth-order valence-electron chi connectivity index (χ4n) is 4.53. The molecule has 2 aromatic rings. The normalized spacial score (nSPS) is 24.8. The number of aromatic nitrogens is 2. The summed E-state index contributed by atoms with van der Waals surface area (Å²) in [5.74, 6) is 1.18. The SMILES string of the molecule is c1nc(N2CCN(CC3CCCO3)CC2)c2c3c(sc2n1)CCCC3. The molecule has 1 atom stereocenters. The first-order chi connectivity index (χ1) is 12.4. The predicted octanol–water partition coefficient (Wildman–Crippen LogP) is 2.87. The van der Waals surface area contributed by atoms with E-state index < -0.39 is 0 Å². The van der Waals surface area contributed by atoms with Gasteiger partial charge < -0.3 is 9.64 Å². The molecule has 0 radical (unpaired) electrons. The third-order valence-corrected chi connectivity index (χ3v) is 7.09. The highest BCUT2D eigenvalue weighted by molar-refractivity contribution is 7.19. The summed E-state index contributed by atoms with van der Waals surface area (Å²) >= 11 is 1.90. The molecule has 134 valence electrons. The van der Waals surface area contributed by atoms with Crippen LogP contribution >= 0.6 is 11.3 Å². The molecule has 0 N–H and O–H groups in total. The van der Waals surface area contributed by atoms with E-state index in [1.807, 2.05) is 11.3 Å². The van der Waals surface area contributed by atoms with Crippen molar-refractivity contribution in [1.29, 1.82) is 0 Å². The lowest BCUT2D eigenvalue weighted by atomic mass is 9.97. The van der Waals surface area contributed by atoms with Crippen molar-refractivity contribution in [3.63, 3.8) is 0 Å². The van der Waals surface area contributed by atoms with E-state index in [4.69, 9.17) is 9.72 Å². The van der Waals surface area contributed by atoms with Crippen molar-refractivity contribution in [3.8, 4) is 0 Å². The largest absolute Gasteiger partial charge is 0.377 e. The average molecular weight is 359 g/mol. The first-order valence-electron chi connectivity index (χ1n) is 9.72. The van der Waals surface area contributed by atoms with E-state index in [0.29, 0.717) is 6.10 Å². The second-order valence-electron chi connectivity index (χ2n) is 7.51. The summed E-state index contributed by atoms with van der Waals surface area (Å²) in [5, 5.41) is 1.36. The Morgan fingerprint density at radius 1 is 1.08 bits per heavy atom. The molecule has 2 saturated heterocycles. The Hall–Kier alpha value is -1.24. The first-order valence-corrected chi connectivity index (χ1v) is 10.5.